The second-order valence-electron chi connectivity index (χ2n) is 22.6. The van der Waals surface area contributed by atoms with Crippen LogP contribution in [-0.2, 0) is 15.9 Å². The van der Waals surface area contributed by atoms with E-state index < -0.39 is 6.09 Å². The van der Waals surface area contributed by atoms with Crippen molar-refractivity contribution in [1.29, 1.82) is 0 Å². The first-order chi connectivity index (χ1) is 30.3. The van der Waals surface area contributed by atoms with Crippen molar-refractivity contribution in [3.05, 3.63) is 88.5 Å². The Hall–Kier alpha value is -4.86. The van der Waals surface area contributed by atoms with Crippen molar-refractivity contribution in [3.63, 3.8) is 0 Å². The van der Waals surface area contributed by atoms with E-state index in [1.807, 2.05) is 24.3 Å². The molecule has 0 radical (unpaired) electrons. The number of carbonyl (C=O) groups is 4. The molecular formula is C54H71N3O7. The highest BCUT2D eigenvalue weighted by Crippen LogP contribution is 2.63. The number of hydrogen-bond acceptors (Lipinski definition) is 8. The zero-order chi connectivity index (χ0) is 45.6. The van der Waals surface area contributed by atoms with Crippen molar-refractivity contribution >= 4 is 35.1 Å². The lowest BCUT2D eigenvalue weighted by molar-refractivity contribution is -0.104. The normalized spacial score (nSPS) is 30.5. The van der Waals surface area contributed by atoms with Gasteiger partial charge < -0.3 is 30.5 Å². The molecule has 0 heterocycles. The largest absolute Gasteiger partial charge is 0.507 e. The van der Waals surface area contributed by atoms with E-state index >= 15 is 0 Å². The third kappa shape index (κ3) is 9.58. The molecule has 8 unspecified atom stereocenters. The molecule has 0 aliphatic heterocycles. The van der Waals surface area contributed by atoms with Crippen LogP contribution < -0.4 is 16.0 Å². The first-order valence-electron chi connectivity index (χ1n) is 24.1. The standard InChI is InChI=1S/C54H71N3O7/c1-33(2)35-15-19-42-36(26-35)14-16-37-27-52(5,23-24-54(37,42)7)32-64-49(61)55-31-53(6)29-39(28-51(3,4)30-53)57-50(62)63-25-22-34-12-17-38(18-13-34)56-43-20-21-44(58)46-45(43)47(59)40-10-8-9-11-41(40)48(46)60/h8-13,17-18,20-21,33,35-37,39,42,56,58H,14-16,19,22-32H2,1-7H3,(H,55,61)(H,57,62). The second kappa shape index (κ2) is 17.8. The van der Waals surface area contributed by atoms with Crippen molar-refractivity contribution in [2.24, 2.45) is 51.2 Å². The average Bonchev–Trinajstić information content (AvgIpc) is 3.25. The third-order valence-corrected chi connectivity index (χ3v) is 16.5. The lowest BCUT2D eigenvalue weighted by atomic mass is 9.46. The molecule has 4 saturated carbocycles. The van der Waals surface area contributed by atoms with E-state index in [-0.39, 0.29) is 69.0 Å². The van der Waals surface area contributed by atoms with Gasteiger partial charge in [-0.15, -0.1) is 0 Å². The summed E-state index contributed by atoms with van der Waals surface area (Å²) in [5.41, 5.74) is 2.96. The molecule has 5 aliphatic rings. The number of hydrogen-bond donors (Lipinski definition) is 4. The van der Waals surface area contributed by atoms with Gasteiger partial charge in [-0.25, -0.2) is 9.59 Å². The lowest BCUT2D eigenvalue weighted by Gasteiger charge is -2.59. The van der Waals surface area contributed by atoms with Crippen molar-refractivity contribution in [3.8, 4) is 5.75 Å². The minimum Gasteiger partial charge on any atom is -0.507 e. The highest BCUT2D eigenvalue weighted by molar-refractivity contribution is 6.31. The number of aromatic hydroxyl groups is 1. The first kappa shape index (κ1) is 45.7. The van der Waals surface area contributed by atoms with Crippen LogP contribution in [-0.4, -0.2) is 54.7 Å². The van der Waals surface area contributed by atoms with Gasteiger partial charge in [0.2, 0.25) is 0 Å². The molecule has 5 aliphatic carbocycles. The van der Waals surface area contributed by atoms with E-state index in [2.05, 4.69) is 64.4 Å². The molecule has 344 valence electrons. The summed E-state index contributed by atoms with van der Waals surface area (Å²) in [6, 6.07) is 17.1. The zero-order valence-corrected chi connectivity index (χ0v) is 39.2. The van der Waals surface area contributed by atoms with Crippen LogP contribution in [0.2, 0.25) is 0 Å². The Bertz CT molecular complexity index is 2250. The quantitative estimate of drug-likeness (QED) is 0.109. The number of ketones is 2. The number of phenols is 1. The average molecular weight is 874 g/mol. The second-order valence-corrected chi connectivity index (χ2v) is 22.6. The van der Waals surface area contributed by atoms with Crippen molar-refractivity contribution < 1.29 is 33.8 Å². The van der Waals surface area contributed by atoms with Gasteiger partial charge >= 0.3 is 12.2 Å². The summed E-state index contributed by atoms with van der Waals surface area (Å²) in [5, 5.41) is 20.0. The molecule has 0 spiro atoms. The number of anilines is 2. The number of fused-ring (bicyclic) bond motifs is 5. The van der Waals surface area contributed by atoms with E-state index in [0.717, 1.165) is 61.3 Å². The van der Waals surface area contributed by atoms with E-state index in [9.17, 15) is 24.3 Å². The summed E-state index contributed by atoms with van der Waals surface area (Å²) in [6.45, 7) is 17.5. The van der Waals surface area contributed by atoms with Crippen LogP contribution in [0.15, 0.2) is 60.7 Å². The van der Waals surface area contributed by atoms with Gasteiger partial charge in [0.1, 0.15) is 5.75 Å². The van der Waals surface area contributed by atoms with Crippen LogP contribution >= 0.6 is 0 Å². The molecule has 10 heteroatoms. The van der Waals surface area contributed by atoms with E-state index in [1.54, 1.807) is 30.3 Å². The van der Waals surface area contributed by atoms with Crippen LogP contribution in [0, 0.1) is 51.2 Å². The molecule has 0 saturated heterocycles. The summed E-state index contributed by atoms with van der Waals surface area (Å²) < 4.78 is 11.7. The Morgan fingerprint density at radius 3 is 2.22 bits per heavy atom. The fourth-order valence-corrected chi connectivity index (χ4v) is 13.4. The van der Waals surface area contributed by atoms with Crippen molar-refractivity contribution in [1.82, 2.24) is 10.6 Å². The molecule has 8 atom stereocenters. The summed E-state index contributed by atoms with van der Waals surface area (Å²) >= 11 is 0. The summed E-state index contributed by atoms with van der Waals surface area (Å²) in [5.74, 6) is 3.18. The van der Waals surface area contributed by atoms with Crippen LogP contribution in [0.3, 0.4) is 0 Å². The van der Waals surface area contributed by atoms with Gasteiger partial charge in [-0.1, -0.05) is 84.9 Å². The maximum atomic E-state index is 13.5. The van der Waals surface area contributed by atoms with Crippen molar-refractivity contribution in [2.45, 2.75) is 132 Å². The number of benzene rings is 3. The fourth-order valence-electron chi connectivity index (χ4n) is 13.4. The predicted octanol–water partition coefficient (Wildman–Crippen LogP) is 11.8. The van der Waals surface area contributed by atoms with Gasteiger partial charge in [-0.05, 0) is 146 Å². The fraction of sp³-hybridized carbons (Fsp3) is 0.593. The molecule has 4 fully saturated rings. The van der Waals surface area contributed by atoms with Crippen LogP contribution in [0.25, 0.3) is 0 Å². The number of ether oxygens (including phenoxy) is 2. The number of carbonyl (C=O) groups excluding carboxylic acids is 4. The number of amides is 2. The van der Waals surface area contributed by atoms with Crippen molar-refractivity contribution in [2.75, 3.05) is 25.1 Å². The molecule has 0 bridgehead atoms. The zero-order valence-electron chi connectivity index (χ0n) is 39.2. The highest BCUT2D eigenvalue weighted by Gasteiger charge is 2.54. The van der Waals surface area contributed by atoms with Gasteiger partial charge in [0.15, 0.2) is 11.6 Å². The maximum absolute atomic E-state index is 13.5. The smallest absolute Gasteiger partial charge is 0.407 e. The summed E-state index contributed by atoms with van der Waals surface area (Å²) in [4.78, 5) is 53.1. The predicted molar refractivity (Wildman–Crippen MR) is 250 cm³/mol. The molecule has 0 aromatic heterocycles. The Morgan fingerprint density at radius 2 is 1.50 bits per heavy atom. The Labute approximate surface area is 380 Å². The van der Waals surface area contributed by atoms with Crippen LogP contribution in [0.1, 0.15) is 157 Å². The van der Waals surface area contributed by atoms with Crippen LogP contribution in [0.5, 0.6) is 5.75 Å². The summed E-state index contributed by atoms with van der Waals surface area (Å²) in [7, 11) is 0. The topological polar surface area (TPSA) is 143 Å². The first-order valence-corrected chi connectivity index (χ1v) is 24.1. The van der Waals surface area contributed by atoms with Gasteiger partial charge in [-0.2, -0.15) is 0 Å². The number of rotatable bonds is 11. The molecule has 3 aromatic rings. The van der Waals surface area contributed by atoms with Crippen LogP contribution in [0.4, 0.5) is 21.0 Å². The molecule has 4 N–H and O–H groups in total. The highest BCUT2D eigenvalue weighted by atomic mass is 16.6. The molecule has 8 rings (SSSR count). The van der Waals surface area contributed by atoms with E-state index in [4.69, 9.17) is 9.47 Å². The van der Waals surface area contributed by atoms with Gasteiger partial charge in [0.05, 0.1) is 30.0 Å². The number of phenolic OH excluding ortho intramolecular Hbond substituents is 1. The number of alkyl carbamates (subject to hydrolysis) is 2. The molecule has 3 aromatic carbocycles. The summed E-state index contributed by atoms with van der Waals surface area (Å²) in [6.07, 6.45) is 12.5. The maximum Gasteiger partial charge on any atom is 0.407 e. The minimum atomic E-state index is -0.456. The SMILES string of the molecule is CC(C)C1CCC2C(CCC3CC(C)(COC(=O)NCC4(C)CC(NC(=O)OCCc5ccc(Nc6ccc(O)c7c6C(=O)c6ccccc6C7=O)cc5)CC(C)(C)C4)CCC32C)C1. The van der Waals surface area contributed by atoms with E-state index in [0.29, 0.717) is 47.8 Å². The Balaban J connectivity index is 0.778. The molecule has 64 heavy (non-hydrogen) atoms. The van der Waals surface area contributed by atoms with Gasteiger partial charge in [0, 0.05) is 41.2 Å². The monoisotopic (exact) mass is 874 g/mol. The Kier molecular flexibility index (Phi) is 12.7. The minimum absolute atomic E-state index is 0.000619. The van der Waals surface area contributed by atoms with Gasteiger partial charge in [-0.3, -0.25) is 9.59 Å². The lowest BCUT2D eigenvalue weighted by Crippen LogP contribution is -2.52. The molecular weight excluding hydrogens is 803 g/mol. The number of nitrogens with one attached hydrogen (secondary N) is 3. The Morgan fingerprint density at radius 1 is 0.781 bits per heavy atom. The third-order valence-electron chi connectivity index (χ3n) is 16.5. The van der Waals surface area contributed by atoms with E-state index in [1.165, 1.54) is 44.6 Å². The van der Waals surface area contributed by atoms with Gasteiger partial charge in [0.25, 0.3) is 0 Å². The molecule has 10 nitrogen and oxygen atoms in total. The molecule has 2 amide bonds.